The first-order valence-electron chi connectivity index (χ1n) is 8.55. The van der Waals surface area contributed by atoms with Gasteiger partial charge in [0.15, 0.2) is 5.82 Å². The van der Waals surface area contributed by atoms with Crippen molar-refractivity contribution in [2.45, 2.75) is 51.9 Å². The predicted molar refractivity (Wildman–Crippen MR) is 89.6 cm³/mol. The number of piperidine rings is 1. The number of amides is 1. The molecule has 0 spiro atoms. The summed E-state index contributed by atoms with van der Waals surface area (Å²) in [4.78, 5) is 23.2. The average molecular weight is 328 g/mol. The standard InChI is InChI=1S/C18H24N4O2/c1-12(2)18-20-17(21-24-18)15-5-4-8-22(11-15)16(23)9-14-7-6-13(3)19-10-14/h6-7,10,12,15H,4-5,8-9,11H2,1-3H3/t15-/m0/s1. The molecule has 1 fully saturated rings. The molecular formula is C18H24N4O2. The quantitative estimate of drug-likeness (QED) is 0.863. The Morgan fingerprint density at radius 3 is 2.92 bits per heavy atom. The van der Waals surface area contributed by atoms with Crippen LogP contribution in [0.5, 0.6) is 0 Å². The van der Waals surface area contributed by atoms with Crippen molar-refractivity contribution in [1.29, 1.82) is 0 Å². The monoisotopic (exact) mass is 328 g/mol. The molecule has 0 unspecified atom stereocenters. The number of carbonyl (C=O) groups is 1. The molecule has 0 aliphatic carbocycles. The Labute approximate surface area is 142 Å². The van der Waals surface area contributed by atoms with Gasteiger partial charge in [-0.1, -0.05) is 25.1 Å². The minimum atomic E-state index is 0.137. The van der Waals surface area contributed by atoms with Gasteiger partial charge in [0.25, 0.3) is 0 Å². The highest BCUT2D eigenvalue weighted by Gasteiger charge is 2.28. The van der Waals surface area contributed by atoms with Crippen LogP contribution in [0.3, 0.4) is 0 Å². The van der Waals surface area contributed by atoms with Crippen molar-refractivity contribution >= 4 is 5.91 Å². The number of hydrogen-bond acceptors (Lipinski definition) is 5. The van der Waals surface area contributed by atoms with Gasteiger partial charge in [-0.05, 0) is 31.4 Å². The highest BCUT2D eigenvalue weighted by Crippen LogP contribution is 2.26. The van der Waals surface area contributed by atoms with Crippen molar-refractivity contribution in [2.75, 3.05) is 13.1 Å². The number of likely N-dealkylation sites (tertiary alicyclic amines) is 1. The molecule has 3 heterocycles. The van der Waals surface area contributed by atoms with Gasteiger partial charge >= 0.3 is 0 Å². The normalized spacial score (nSPS) is 18.2. The summed E-state index contributed by atoms with van der Waals surface area (Å²) in [5.74, 6) is 1.92. The van der Waals surface area contributed by atoms with E-state index in [0.717, 1.165) is 36.5 Å². The Balaban J connectivity index is 1.63. The third kappa shape index (κ3) is 3.80. The first kappa shape index (κ1) is 16.6. The zero-order chi connectivity index (χ0) is 17.1. The summed E-state index contributed by atoms with van der Waals surface area (Å²) in [5.41, 5.74) is 1.91. The highest BCUT2D eigenvalue weighted by molar-refractivity contribution is 5.78. The molecule has 1 atom stereocenters. The number of aryl methyl sites for hydroxylation is 1. The van der Waals surface area contributed by atoms with E-state index in [4.69, 9.17) is 4.52 Å². The van der Waals surface area contributed by atoms with E-state index in [2.05, 4.69) is 15.1 Å². The second-order valence-electron chi connectivity index (χ2n) is 6.81. The summed E-state index contributed by atoms with van der Waals surface area (Å²) in [6.45, 7) is 7.46. The van der Waals surface area contributed by atoms with Crippen molar-refractivity contribution in [3.63, 3.8) is 0 Å². The molecule has 2 aromatic rings. The van der Waals surface area contributed by atoms with Crippen molar-refractivity contribution in [1.82, 2.24) is 20.0 Å². The van der Waals surface area contributed by atoms with Crippen LogP contribution in [-0.2, 0) is 11.2 Å². The Kier molecular flexibility index (Phi) is 4.92. The van der Waals surface area contributed by atoms with Crippen molar-refractivity contribution in [2.24, 2.45) is 0 Å². The number of aromatic nitrogens is 3. The van der Waals surface area contributed by atoms with E-state index in [1.807, 2.05) is 37.8 Å². The number of carbonyl (C=O) groups excluding carboxylic acids is 1. The van der Waals surface area contributed by atoms with Crippen LogP contribution in [0, 0.1) is 6.92 Å². The second-order valence-corrected chi connectivity index (χ2v) is 6.81. The van der Waals surface area contributed by atoms with Gasteiger partial charge in [0.05, 0.1) is 6.42 Å². The lowest BCUT2D eigenvalue weighted by atomic mass is 9.97. The summed E-state index contributed by atoms with van der Waals surface area (Å²) >= 11 is 0. The molecule has 24 heavy (non-hydrogen) atoms. The first-order chi connectivity index (χ1) is 11.5. The van der Waals surface area contributed by atoms with Crippen molar-refractivity contribution < 1.29 is 9.32 Å². The van der Waals surface area contributed by atoms with Gasteiger partial charge in [0, 0.05) is 36.8 Å². The maximum absolute atomic E-state index is 12.6. The van der Waals surface area contributed by atoms with Gasteiger partial charge in [-0.3, -0.25) is 9.78 Å². The number of pyridine rings is 1. The van der Waals surface area contributed by atoms with Gasteiger partial charge in [-0.25, -0.2) is 0 Å². The second kappa shape index (κ2) is 7.11. The summed E-state index contributed by atoms with van der Waals surface area (Å²) in [6, 6.07) is 3.91. The van der Waals surface area contributed by atoms with Gasteiger partial charge < -0.3 is 9.42 Å². The van der Waals surface area contributed by atoms with E-state index in [9.17, 15) is 4.79 Å². The highest BCUT2D eigenvalue weighted by atomic mass is 16.5. The van der Waals surface area contributed by atoms with Crippen LogP contribution in [0.4, 0.5) is 0 Å². The fourth-order valence-corrected chi connectivity index (χ4v) is 2.95. The molecule has 1 amide bonds. The van der Waals surface area contributed by atoms with Crippen LogP contribution in [0.15, 0.2) is 22.9 Å². The Hall–Kier alpha value is -2.24. The molecule has 1 saturated heterocycles. The Morgan fingerprint density at radius 2 is 2.25 bits per heavy atom. The maximum atomic E-state index is 12.6. The fourth-order valence-electron chi connectivity index (χ4n) is 2.95. The number of hydrogen-bond donors (Lipinski definition) is 0. The SMILES string of the molecule is Cc1ccc(CC(=O)N2CCC[C@H](c3noc(C(C)C)n3)C2)cn1. The van der Waals surface area contributed by atoms with Crippen LogP contribution in [-0.4, -0.2) is 39.0 Å². The Bertz CT molecular complexity index is 693. The third-order valence-corrected chi connectivity index (χ3v) is 4.42. The molecular weight excluding hydrogens is 304 g/mol. The molecule has 0 N–H and O–H groups in total. The molecule has 1 aliphatic heterocycles. The van der Waals surface area contributed by atoms with Gasteiger partial charge in [-0.2, -0.15) is 4.98 Å². The largest absolute Gasteiger partial charge is 0.342 e. The van der Waals surface area contributed by atoms with Gasteiger partial charge in [0.1, 0.15) is 0 Å². The zero-order valence-electron chi connectivity index (χ0n) is 14.5. The summed E-state index contributed by atoms with van der Waals surface area (Å²) in [7, 11) is 0. The van der Waals surface area contributed by atoms with Crippen LogP contribution in [0.2, 0.25) is 0 Å². The third-order valence-electron chi connectivity index (χ3n) is 4.42. The average Bonchev–Trinajstić information content (AvgIpc) is 3.07. The molecule has 6 heteroatoms. The number of rotatable bonds is 4. The van der Waals surface area contributed by atoms with E-state index in [1.165, 1.54) is 0 Å². The zero-order valence-corrected chi connectivity index (χ0v) is 14.5. The van der Waals surface area contributed by atoms with E-state index < -0.39 is 0 Å². The van der Waals surface area contributed by atoms with Crippen LogP contribution < -0.4 is 0 Å². The topological polar surface area (TPSA) is 72.1 Å². The molecule has 6 nitrogen and oxygen atoms in total. The van der Waals surface area contributed by atoms with E-state index in [-0.39, 0.29) is 17.7 Å². The fraction of sp³-hybridized carbons (Fsp3) is 0.556. The smallest absolute Gasteiger partial charge is 0.229 e. The lowest BCUT2D eigenvalue weighted by molar-refractivity contribution is -0.131. The van der Waals surface area contributed by atoms with Crippen molar-refractivity contribution in [3.05, 3.63) is 41.3 Å². The van der Waals surface area contributed by atoms with E-state index >= 15 is 0 Å². The summed E-state index contributed by atoms with van der Waals surface area (Å²) in [6.07, 6.45) is 4.13. The molecule has 1 aliphatic rings. The summed E-state index contributed by atoms with van der Waals surface area (Å²) in [5, 5.41) is 4.11. The lowest BCUT2D eigenvalue weighted by Crippen LogP contribution is -2.40. The Morgan fingerprint density at radius 1 is 1.42 bits per heavy atom. The molecule has 0 bridgehead atoms. The number of nitrogens with zero attached hydrogens (tertiary/aromatic N) is 4. The molecule has 2 aromatic heterocycles. The minimum absolute atomic E-state index is 0.137. The molecule has 0 saturated carbocycles. The van der Waals surface area contributed by atoms with Crippen LogP contribution in [0.1, 0.15) is 61.5 Å². The van der Waals surface area contributed by atoms with Gasteiger partial charge in [-0.15, -0.1) is 0 Å². The van der Waals surface area contributed by atoms with E-state index in [1.54, 1.807) is 6.20 Å². The maximum Gasteiger partial charge on any atom is 0.229 e. The van der Waals surface area contributed by atoms with Crippen LogP contribution in [0.25, 0.3) is 0 Å². The molecule has 128 valence electrons. The van der Waals surface area contributed by atoms with Crippen LogP contribution >= 0.6 is 0 Å². The van der Waals surface area contributed by atoms with E-state index in [0.29, 0.717) is 18.9 Å². The molecule has 0 radical (unpaired) electrons. The predicted octanol–water partition coefficient (Wildman–Crippen LogP) is 2.85. The first-order valence-corrected chi connectivity index (χ1v) is 8.55. The molecule has 3 rings (SSSR count). The summed E-state index contributed by atoms with van der Waals surface area (Å²) < 4.78 is 5.31. The lowest BCUT2D eigenvalue weighted by Gasteiger charge is -2.31. The minimum Gasteiger partial charge on any atom is -0.342 e. The molecule has 0 aromatic carbocycles. The van der Waals surface area contributed by atoms with Crippen molar-refractivity contribution in [3.8, 4) is 0 Å². The van der Waals surface area contributed by atoms with Gasteiger partial charge in [0.2, 0.25) is 11.8 Å².